The molecule has 19 heavy (non-hydrogen) atoms. The molecule has 2 atom stereocenters. The molecule has 0 amide bonds. The Balaban J connectivity index is 2.18. The van der Waals surface area contributed by atoms with Crippen LogP contribution in [0, 0.1) is 0 Å². The normalized spacial score (nSPS) is 22.9. The molecule has 0 aromatic rings. The van der Waals surface area contributed by atoms with Crippen molar-refractivity contribution in [3.63, 3.8) is 0 Å². The van der Waals surface area contributed by atoms with Gasteiger partial charge in [-0.2, -0.15) is 0 Å². The first kappa shape index (κ1) is 16.9. The molecule has 2 unspecified atom stereocenters. The van der Waals surface area contributed by atoms with E-state index in [2.05, 4.69) is 37.9 Å². The Hall–Kier alpha value is -0.120. The fourth-order valence-electron chi connectivity index (χ4n) is 2.76. The van der Waals surface area contributed by atoms with Gasteiger partial charge in [0.2, 0.25) is 0 Å². The van der Waals surface area contributed by atoms with Gasteiger partial charge in [-0.1, -0.05) is 20.8 Å². The average molecular weight is 270 g/mol. The van der Waals surface area contributed by atoms with Crippen molar-refractivity contribution in [1.29, 1.82) is 0 Å². The summed E-state index contributed by atoms with van der Waals surface area (Å²) < 4.78 is 5.92. The van der Waals surface area contributed by atoms with E-state index in [4.69, 9.17) is 4.74 Å². The van der Waals surface area contributed by atoms with Gasteiger partial charge in [-0.15, -0.1) is 0 Å². The molecule has 114 valence electrons. The van der Waals surface area contributed by atoms with Crippen LogP contribution in [0.3, 0.4) is 0 Å². The Kier molecular flexibility index (Phi) is 8.67. The molecule has 1 aliphatic heterocycles. The molecule has 3 nitrogen and oxygen atoms in total. The maximum absolute atomic E-state index is 5.92. The van der Waals surface area contributed by atoms with Crippen LogP contribution in [0.5, 0.6) is 0 Å². The number of nitrogens with one attached hydrogen (secondary N) is 1. The molecule has 1 saturated heterocycles. The summed E-state index contributed by atoms with van der Waals surface area (Å²) in [7, 11) is 0. The molecule has 0 aromatic heterocycles. The van der Waals surface area contributed by atoms with E-state index in [9.17, 15) is 0 Å². The maximum atomic E-state index is 5.92. The summed E-state index contributed by atoms with van der Waals surface area (Å²) in [6.45, 7) is 13.4. The lowest BCUT2D eigenvalue weighted by Crippen LogP contribution is -2.44. The Labute approximate surface area is 120 Å². The second-order valence-corrected chi connectivity index (χ2v) is 6.23. The lowest BCUT2D eigenvalue weighted by Gasteiger charge is -2.36. The molecular formula is C16H34N2O. The minimum Gasteiger partial charge on any atom is -0.377 e. The standard InChI is InChI=1S/C16H34N2O/c1-5-12-19-16-9-7-11-18(13-16)15(4)8-6-10-17-14(2)3/h14-17H,5-13H2,1-4H3. The molecule has 0 aliphatic carbocycles. The van der Waals surface area contributed by atoms with Crippen molar-refractivity contribution in [3.05, 3.63) is 0 Å². The van der Waals surface area contributed by atoms with Gasteiger partial charge < -0.3 is 10.1 Å². The van der Waals surface area contributed by atoms with Crippen LogP contribution in [-0.2, 0) is 4.74 Å². The van der Waals surface area contributed by atoms with E-state index in [-0.39, 0.29) is 0 Å². The van der Waals surface area contributed by atoms with Crippen molar-refractivity contribution >= 4 is 0 Å². The molecule has 1 heterocycles. The monoisotopic (exact) mass is 270 g/mol. The molecule has 1 rings (SSSR count). The van der Waals surface area contributed by atoms with E-state index < -0.39 is 0 Å². The molecule has 1 fully saturated rings. The summed E-state index contributed by atoms with van der Waals surface area (Å²) in [4.78, 5) is 2.62. The third-order valence-corrected chi connectivity index (χ3v) is 3.94. The Morgan fingerprint density at radius 1 is 1.32 bits per heavy atom. The van der Waals surface area contributed by atoms with Gasteiger partial charge in [-0.3, -0.25) is 4.90 Å². The van der Waals surface area contributed by atoms with Gasteiger partial charge in [-0.05, 0) is 52.1 Å². The highest BCUT2D eigenvalue weighted by Crippen LogP contribution is 2.17. The summed E-state index contributed by atoms with van der Waals surface area (Å²) >= 11 is 0. The first-order valence-electron chi connectivity index (χ1n) is 8.22. The zero-order valence-electron chi connectivity index (χ0n) is 13.5. The van der Waals surface area contributed by atoms with Gasteiger partial charge in [0, 0.05) is 25.2 Å². The number of hydrogen-bond acceptors (Lipinski definition) is 3. The number of piperidine rings is 1. The lowest BCUT2D eigenvalue weighted by atomic mass is 10.0. The molecule has 0 saturated carbocycles. The van der Waals surface area contributed by atoms with Crippen LogP contribution in [0.25, 0.3) is 0 Å². The van der Waals surface area contributed by atoms with Crippen LogP contribution in [0.2, 0.25) is 0 Å². The van der Waals surface area contributed by atoms with Crippen molar-refractivity contribution in [1.82, 2.24) is 10.2 Å². The highest BCUT2D eigenvalue weighted by Gasteiger charge is 2.23. The summed E-state index contributed by atoms with van der Waals surface area (Å²) in [5, 5.41) is 3.50. The van der Waals surface area contributed by atoms with Crippen LogP contribution >= 0.6 is 0 Å². The van der Waals surface area contributed by atoms with Crippen molar-refractivity contribution < 1.29 is 4.74 Å². The van der Waals surface area contributed by atoms with Crippen LogP contribution in [-0.4, -0.2) is 49.3 Å². The molecule has 3 heteroatoms. The molecule has 0 aromatic carbocycles. The summed E-state index contributed by atoms with van der Waals surface area (Å²) in [6, 6.07) is 1.30. The van der Waals surface area contributed by atoms with Gasteiger partial charge in [-0.25, -0.2) is 0 Å². The molecule has 0 bridgehead atoms. The molecule has 0 radical (unpaired) electrons. The largest absolute Gasteiger partial charge is 0.377 e. The fourth-order valence-corrected chi connectivity index (χ4v) is 2.76. The SMILES string of the molecule is CCCOC1CCCN(C(C)CCCNC(C)C)C1. The average Bonchev–Trinajstić information content (AvgIpc) is 2.41. The topological polar surface area (TPSA) is 24.5 Å². The van der Waals surface area contributed by atoms with Crippen molar-refractivity contribution in [2.24, 2.45) is 0 Å². The highest BCUT2D eigenvalue weighted by atomic mass is 16.5. The predicted octanol–water partition coefficient (Wildman–Crippen LogP) is 3.04. The zero-order chi connectivity index (χ0) is 14.1. The van der Waals surface area contributed by atoms with Crippen molar-refractivity contribution in [3.8, 4) is 0 Å². The minimum absolute atomic E-state index is 0.477. The first-order valence-corrected chi connectivity index (χ1v) is 8.22. The van der Waals surface area contributed by atoms with E-state index in [1.54, 1.807) is 0 Å². The second kappa shape index (κ2) is 9.73. The predicted molar refractivity (Wildman–Crippen MR) is 82.7 cm³/mol. The van der Waals surface area contributed by atoms with Gasteiger partial charge in [0.1, 0.15) is 0 Å². The van der Waals surface area contributed by atoms with Crippen LogP contribution in [0.4, 0.5) is 0 Å². The third kappa shape index (κ3) is 7.28. The quantitative estimate of drug-likeness (QED) is 0.652. The van der Waals surface area contributed by atoms with Crippen LogP contribution in [0.1, 0.15) is 59.8 Å². The van der Waals surface area contributed by atoms with E-state index in [1.165, 1.54) is 32.2 Å². The summed E-state index contributed by atoms with van der Waals surface area (Å²) in [5.41, 5.74) is 0. The first-order chi connectivity index (χ1) is 9.13. The lowest BCUT2D eigenvalue weighted by molar-refractivity contribution is -0.0114. The molecule has 0 spiro atoms. The van der Waals surface area contributed by atoms with Crippen molar-refractivity contribution in [2.45, 2.75) is 78.0 Å². The van der Waals surface area contributed by atoms with Crippen molar-refractivity contribution in [2.75, 3.05) is 26.2 Å². The minimum atomic E-state index is 0.477. The van der Waals surface area contributed by atoms with Crippen LogP contribution < -0.4 is 5.32 Å². The number of nitrogens with zero attached hydrogens (tertiary/aromatic N) is 1. The maximum Gasteiger partial charge on any atom is 0.0702 e. The van der Waals surface area contributed by atoms with E-state index in [0.29, 0.717) is 18.2 Å². The zero-order valence-corrected chi connectivity index (χ0v) is 13.5. The van der Waals surface area contributed by atoms with E-state index in [0.717, 1.165) is 26.1 Å². The van der Waals surface area contributed by atoms with Gasteiger partial charge in [0.15, 0.2) is 0 Å². The van der Waals surface area contributed by atoms with E-state index >= 15 is 0 Å². The van der Waals surface area contributed by atoms with Gasteiger partial charge >= 0.3 is 0 Å². The van der Waals surface area contributed by atoms with Gasteiger partial charge in [0.05, 0.1) is 6.10 Å². The summed E-state index contributed by atoms with van der Waals surface area (Å²) in [6.07, 6.45) is 6.72. The smallest absolute Gasteiger partial charge is 0.0702 e. The highest BCUT2D eigenvalue weighted by molar-refractivity contribution is 4.77. The number of hydrogen-bond donors (Lipinski definition) is 1. The number of likely N-dealkylation sites (tertiary alicyclic amines) is 1. The fraction of sp³-hybridized carbons (Fsp3) is 1.00. The Morgan fingerprint density at radius 3 is 2.79 bits per heavy atom. The van der Waals surface area contributed by atoms with E-state index in [1.807, 2.05) is 0 Å². The number of ether oxygens (including phenoxy) is 1. The van der Waals surface area contributed by atoms with Gasteiger partial charge in [0.25, 0.3) is 0 Å². The molecule has 1 N–H and O–H groups in total. The third-order valence-electron chi connectivity index (χ3n) is 3.94. The molecule has 1 aliphatic rings. The Morgan fingerprint density at radius 2 is 2.11 bits per heavy atom. The Bertz CT molecular complexity index is 221. The second-order valence-electron chi connectivity index (χ2n) is 6.23. The molecular weight excluding hydrogens is 236 g/mol. The number of rotatable bonds is 9. The summed E-state index contributed by atoms with van der Waals surface area (Å²) in [5.74, 6) is 0. The van der Waals surface area contributed by atoms with Crippen LogP contribution in [0.15, 0.2) is 0 Å².